The quantitative estimate of drug-likeness (QED) is 0.496. The molecule has 1 aromatic carbocycles. The average Bonchev–Trinajstić information content (AvgIpc) is 3.08. The second-order valence-corrected chi connectivity index (χ2v) is 12.7. The Balaban J connectivity index is 1.41. The Morgan fingerprint density at radius 1 is 1.21 bits per heavy atom. The van der Waals surface area contributed by atoms with E-state index in [-0.39, 0.29) is 41.0 Å². The highest BCUT2D eigenvalue weighted by molar-refractivity contribution is 6.00. The first-order valence-electron chi connectivity index (χ1n) is 13.9. The van der Waals surface area contributed by atoms with E-state index in [0.29, 0.717) is 6.42 Å². The maximum Gasteiger partial charge on any atom is 0.303 e. The number of benzene rings is 1. The Morgan fingerprint density at radius 2 is 2.03 bits per heavy atom. The van der Waals surface area contributed by atoms with Crippen molar-refractivity contribution in [1.82, 2.24) is 9.88 Å². The monoisotopic (exact) mass is 514 g/mol. The lowest BCUT2D eigenvalue weighted by Gasteiger charge is -2.48. The Bertz CT molecular complexity index is 1370. The van der Waals surface area contributed by atoms with Gasteiger partial charge in [0.15, 0.2) is 5.78 Å². The van der Waals surface area contributed by atoms with Crippen molar-refractivity contribution >= 4 is 22.5 Å². The van der Waals surface area contributed by atoms with Gasteiger partial charge in [-0.05, 0) is 80.3 Å². The minimum absolute atomic E-state index is 0.00463. The molecule has 200 valence electrons. The number of carbonyl (C=O) groups excluding carboxylic acids is 2. The van der Waals surface area contributed by atoms with Crippen LogP contribution in [0.15, 0.2) is 59.6 Å². The third-order valence-corrected chi connectivity index (χ3v) is 9.60. The summed E-state index contributed by atoms with van der Waals surface area (Å²) in [6.07, 6.45) is 9.72. The number of esters is 1. The number of ketones is 1. The second kappa shape index (κ2) is 9.04. The molecule has 1 aromatic heterocycles. The summed E-state index contributed by atoms with van der Waals surface area (Å²) in [6, 6.07) is 8.46. The molecule has 2 aromatic rings. The van der Waals surface area contributed by atoms with Crippen LogP contribution in [0.5, 0.6) is 0 Å². The number of fused-ring (bicyclic) bond motifs is 4. The van der Waals surface area contributed by atoms with Gasteiger partial charge in [0.25, 0.3) is 0 Å². The number of Topliss-reactive ketones (excluding diaryl/α,β-unsaturated/α-hetero) is 1. The van der Waals surface area contributed by atoms with Crippen LogP contribution < -0.4 is 0 Å². The van der Waals surface area contributed by atoms with Crippen LogP contribution in [-0.2, 0) is 19.1 Å². The normalized spacial score (nSPS) is 34.4. The number of nitrogens with zero attached hydrogens (tertiary/aromatic N) is 2. The highest BCUT2D eigenvalue weighted by atomic mass is 16.6. The van der Waals surface area contributed by atoms with Crippen molar-refractivity contribution in [3.63, 3.8) is 0 Å². The molecule has 0 radical (unpaired) electrons. The van der Waals surface area contributed by atoms with E-state index in [0.717, 1.165) is 54.3 Å². The molecule has 0 saturated heterocycles. The van der Waals surface area contributed by atoms with E-state index in [1.807, 2.05) is 12.4 Å². The molecule has 1 aliphatic heterocycles. The highest BCUT2D eigenvalue weighted by Gasteiger charge is 2.64. The smallest absolute Gasteiger partial charge is 0.303 e. The van der Waals surface area contributed by atoms with Gasteiger partial charge in [-0.1, -0.05) is 25.1 Å². The molecule has 2 heterocycles. The van der Waals surface area contributed by atoms with Crippen LogP contribution in [0.3, 0.4) is 0 Å². The Morgan fingerprint density at radius 3 is 2.79 bits per heavy atom. The number of aromatic nitrogens is 1. The zero-order chi connectivity index (χ0) is 26.8. The molecule has 6 rings (SSSR count). The summed E-state index contributed by atoms with van der Waals surface area (Å²) in [7, 11) is 4.11. The highest BCUT2D eigenvalue weighted by Crippen LogP contribution is 2.66. The van der Waals surface area contributed by atoms with Gasteiger partial charge in [0.05, 0.1) is 5.57 Å². The van der Waals surface area contributed by atoms with Crippen molar-refractivity contribution in [1.29, 1.82) is 0 Å². The van der Waals surface area contributed by atoms with Crippen LogP contribution in [0.4, 0.5) is 0 Å². The fraction of sp³-hybridized carbons (Fsp3) is 0.531. The van der Waals surface area contributed by atoms with Crippen molar-refractivity contribution in [3.05, 3.63) is 65.2 Å². The van der Waals surface area contributed by atoms with Crippen LogP contribution in [0.2, 0.25) is 0 Å². The van der Waals surface area contributed by atoms with Gasteiger partial charge in [-0.3, -0.25) is 14.6 Å². The fourth-order valence-electron chi connectivity index (χ4n) is 8.35. The summed E-state index contributed by atoms with van der Waals surface area (Å²) in [5.41, 5.74) is 2.39. The van der Waals surface area contributed by atoms with E-state index >= 15 is 0 Å². The van der Waals surface area contributed by atoms with Crippen molar-refractivity contribution < 1.29 is 19.1 Å². The summed E-state index contributed by atoms with van der Waals surface area (Å²) >= 11 is 0. The van der Waals surface area contributed by atoms with Crippen molar-refractivity contribution in [3.8, 4) is 0 Å². The van der Waals surface area contributed by atoms with E-state index in [9.17, 15) is 9.59 Å². The van der Waals surface area contributed by atoms with Gasteiger partial charge in [-0.15, -0.1) is 0 Å². The molecule has 38 heavy (non-hydrogen) atoms. The molecule has 6 heteroatoms. The summed E-state index contributed by atoms with van der Waals surface area (Å²) < 4.78 is 13.1. The third kappa shape index (κ3) is 4.00. The van der Waals surface area contributed by atoms with Gasteiger partial charge in [-0.25, -0.2) is 0 Å². The zero-order valence-electron chi connectivity index (χ0n) is 23.1. The molecular weight excluding hydrogens is 476 g/mol. The van der Waals surface area contributed by atoms with Crippen molar-refractivity contribution in [2.75, 3.05) is 20.6 Å². The SMILES string of the molecule is CC(=O)OC1(C)C[C@H]2[C@@H]3OC4=C(C=C3CC[C@]2(C)[C@H]1c1cccc2cnccc12)C(=O)CC(CN(C)C)C4. The molecule has 0 spiro atoms. The first-order valence-corrected chi connectivity index (χ1v) is 13.9. The second-order valence-electron chi connectivity index (χ2n) is 12.7. The molecule has 6 atom stereocenters. The predicted octanol–water partition coefficient (Wildman–Crippen LogP) is 5.58. The zero-order valence-corrected chi connectivity index (χ0v) is 23.1. The lowest BCUT2D eigenvalue weighted by atomic mass is 9.60. The Kier molecular flexibility index (Phi) is 6.02. The first kappa shape index (κ1) is 25.3. The van der Waals surface area contributed by atoms with E-state index < -0.39 is 5.60 Å². The van der Waals surface area contributed by atoms with Crippen LogP contribution in [-0.4, -0.2) is 54.0 Å². The summed E-state index contributed by atoms with van der Waals surface area (Å²) in [5.74, 6) is 1.25. The molecule has 2 saturated carbocycles. The molecule has 0 bridgehead atoms. The lowest BCUT2D eigenvalue weighted by molar-refractivity contribution is -0.157. The largest absolute Gasteiger partial charge is 0.489 e. The number of rotatable bonds is 4. The predicted molar refractivity (Wildman–Crippen MR) is 146 cm³/mol. The number of hydrogen-bond donors (Lipinski definition) is 0. The lowest BCUT2D eigenvalue weighted by Crippen LogP contribution is -2.44. The minimum Gasteiger partial charge on any atom is -0.489 e. The molecule has 6 nitrogen and oxygen atoms in total. The minimum atomic E-state index is -0.674. The van der Waals surface area contributed by atoms with Gasteiger partial charge >= 0.3 is 5.97 Å². The summed E-state index contributed by atoms with van der Waals surface area (Å²) in [6.45, 7) is 6.85. The van der Waals surface area contributed by atoms with E-state index in [1.54, 1.807) is 0 Å². The van der Waals surface area contributed by atoms with Crippen LogP contribution in [0, 0.1) is 17.3 Å². The third-order valence-electron chi connectivity index (χ3n) is 9.60. The topological polar surface area (TPSA) is 68.7 Å². The summed E-state index contributed by atoms with van der Waals surface area (Å²) in [5, 5.41) is 2.25. The van der Waals surface area contributed by atoms with Crippen molar-refractivity contribution in [2.45, 2.75) is 70.5 Å². The van der Waals surface area contributed by atoms with E-state index in [2.05, 4.69) is 68.2 Å². The molecule has 2 fully saturated rings. The van der Waals surface area contributed by atoms with Crippen LogP contribution in [0.25, 0.3) is 10.8 Å². The number of pyridine rings is 1. The van der Waals surface area contributed by atoms with Gasteiger partial charge in [0.1, 0.15) is 17.5 Å². The van der Waals surface area contributed by atoms with Gasteiger partial charge in [-0.2, -0.15) is 0 Å². The number of hydrogen-bond acceptors (Lipinski definition) is 6. The maximum absolute atomic E-state index is 13.1. The van der Waals surface area contributed by atoms with E-state index in [1.165, 1.54) is 18.1 Å². The Hall–Kier alpha value is -2.99. The van der Waals surface area contributed by atoms with E-state index in [4.69, 9.17) is 9.47 Å². The molecule has 2 unspecified atom stereocenters. The van der Waals surface area contributed by atoms with Gasteiger partial charge in [0, 0.05) is 55.9 Å². The number of ether oxygens (including phenoxy) is 2. The molecule has 3 aliphatic carbocycles. The number of allylic oxidation sites excluding steroid dienone is 3. The van der Waals surface area contributed by atoms with Gasteiger partial charge in [0.2, 0.25) is 0 Å². The average molecular weight is 515 g/mol. The molecule has 4 aliphatic rings. The molecule has 0 amide bonds. The summed E-state index contributed by atoms with van der Waals surface area (Å²) in [4.78, 5) is 32.1. The number of carbonyl (C=O) groups is 2. The van der Waals surface area contributed by atoms with Crippen LogP contribution in [0.1, 0.15) is 64.4 Å². The fourth-order valence-corrected chi connectivity index (χ4v) is 8.35. The van der Waals surface area contributed by atoms with Gasteiger partial charge < -0.3 is 14.4 Å². The first-order chi connectivity index (χ1) is 18.1. The molecular formula is C32H38N2O4. The van der Waals surface area contributed by atoms with Crippen molar-refractivity contribution in [2.24, 2.45) is 17.3 Å². The standard InChI is InChI=1S/C32H38N2O4/c1-19(35)38-32(3)16-26-29-21(15-25-27(36)13-20(18-34(4)5)14-28(25)37-29)9-11-31(26,2)30(32)24-8-6-7-22-17-33-12-10-23(22)24/h6-8,10,12,15,17,20,26,29-30H,9,11,13-14,16,18H2,1-5H3/t20?,26-,29+,30+,31-,32?/m0/s1. The Labute approximate surface area is 225 Å². The maximum atomic E-state index is 13.1. The molecule has 0 N–H and O–H groups in total. The van der Waals surface area contributed by atoms with Crippen LogP contribution >= 0.6 is 0 Å².